The zero-order chi connectivity index (χ0) is 23.4. The maximum atomic E-state index is 13.2. The first kappa shape index (κ1) is 25.9. The zero-order valence-electron chi connectivity index (χ0n) is 19.8. The number of rotatable bonds is 6. The van der Waals surface area contributed by atoms with Crippen molar-refractivity contribution in [2.24, 2.45) is 11.8 Å². The Balaban J connectivity index is 3.43. The zero-order valence-corrected chi connectivity index (χ0v) is 19.8. The average Bonchev–Trinajstić information content (AvgIpc) is 2.89. The molecule has 1 N–H and O–H groups in total. The highest BCUT2D eigenvalue weighted by Crippen LogP contribution is 2.35. The van der Waals surface area contributed by atoms with Crippen LogP contribution in [0.3, 0.4) is 0 Å². The number of esters is 1. The van der Waals surface area contributed by atoms with Gasteiger partial charge in [-0.15, -0.1) is 0 Å². The molecule has 0 unspecified atom stereocenters. The molecule has 172 valence electrons. The van der Waals surface area contributed by atoms with E-state index in [0.29, 0.717) is 6.42 Å². The highest BCUT2D eigenvalue weighted by atomic mass is 16.6. The number of nitrogens with zero attached hydrogens (tertiary/aromatic N) is 1. The molecule has 0 aromatic carbocycles. The molecular formula is C22H38N2O6. The van der Waals surface area contributed by atoms with Crippen molar-refractivity contribution >= 4 is 24.3 Å². The molecular weight excluding hydrogens is 388 g/mol. The molecule has 4 atom stereocenters. The van der Waals surface area contributed by atoms with Crippen LogP contribution < -0.4 is 5.32 Å². The second-order valence-electron chi connectivity index (χ2n) is 10.4. The van der Waals surface area contributed by atoms with Crippen molar-refractivity contribution in [3.8, 4) is 0 Å². The van der Waals surface area contributed by atoms with Crippen molar-refractivity contribution < 1.29 is 28.7 Å². The van der Waals surface area contributed by atoms with E-state index in [0.717, 1.165) is 6.29 Å². The first-order valence-corrected chi connectivity index (χ1v) is 10.5. The van der Waals surface area contributed by atoms with Crippen LogP contribution in [0.15, 0.2) is 0 Å². The lowest BCUT2D eigenvalue weighted by molar-refractivity contribution is -0.160. The SMILES string of the molecule is CC(=O)N[C@@H](CC(C)C)[C@H]1[C@H](C=O)C[C@H](C(=O)OC(C)(C)C)N1C(=O)OC(C)(C)C. The van der Waals surface area contributed by atoms with Gasteiger partial charge in [0.15, 0.2) is 0 Å². The molecule has 1 fully saturated rings. The smallest absolute Gasteiger partial charge is 0.411 e. The van der Waals surface area contributed by atoms with E-state index in [1.807, 2.05) is 13.8 Å². The van der Waals surface area contributed by atoms with Crippen LogP contribution in [0.4, 0.5) is 4.79 Å². The third-order valence-corrected chi connectivity index (χ3v) is 4.58. The van der Waals surface area contributed by atoms with E-state index in [-0.39, 0.29) is 18.2 Å². The quantitative estimate of drug-likeness (QED) is 0.517. The fourth-order valence-electron chi connectivity index (χ4n) is 3.75. The minimum Gasteiger partial charge on any atom is -0.458 e. The molecule has 1 heterocycles. The third kappa shape index (κ3) is 7.61. The summed E-state index contributed by atoms with van der Waals surface area (Å²) in [5, 5.41) is 2.87. The summed E-state index contributed by atoms with van der Waals surface area (Å²) in [4.78, 5) is 51.2. The number of hydrogen-bond acceptors (Lipinski definition) is 6. The summed E-state index contributed by atoms with van der Waals surface area (Å²) in [5.41, 5.74) is -1.54. The minimum atomic E-state index is -0.970. The van der Waals surface area contributed by atoms with Crippen molar-refractivity contribution in [1.29, 1.82) is 0 Å². The molecule has 1 aliphatic heterocycles. The number of nitrogens with one attached hydrogen (secondary N) is 1. The molecule has 0 spiro atoms. The van der Waals surface area contributed by atoms with Crippen molar-refractivity contribution in [1.82, 2.24) is 10.2 Å². The number of likely N-dealkylation sites (tertiary alicyclic amines) is 1. The largest absolute Gasteiger partial charge is 0.458 e. The lowest BCUT2D eigenvalue weighted by atomic mass is 9.89. The van der Waals surface area contributed by atoms with Gasteiger partial charge in [-0.25, -0.2) is 9.59 Å². The molecule has 8 heteroatoms. The van der Waals surface area contributed by atoms with E-state index in [2.05, 4.69) is 5.32 Å². The van der Waals surface area contributed by atoms with Crippen LogP contribution in [0.2, 0.25) is 0 Å². The Morgan fingerprint density at radius 1 is 1.07 bits per heavy atom. The van der Waals surface area contributed by atoms with Gasteiger partial charge in [0.1, 0.15) is 23.5 Å². The van der Waals surface area contributed by atoms with Crippen molar-refractivity contribution in [3.63, 3.8) is 0 Å². The van der Waals surface area contributed by atoms with Crippen LogP contribution >= 0.6 is 0 Å². The lowest BCUT2D eigenvalue weighted by Crippen LogP contribution is -2.57. The Labute approximate surface area is 180 Å². The molecule has 1 aliphatic rings. The highest BCUT2D eigenvalue weighted by Gasteiger charge is 2.52. The van der Waals surface area contributed by atoms with Crippen molar-refractivity contribution in [2.75, 3.05) is 0 Å². The number of hydrogen-bond donors (Lipinski definition) is 1. The van der Waals surface area contributed by atoms with Gasteiger partial charge >= 0.3 is 12.1 Å². The number of ether oxygens (including phenoxy) is 2. The Hall–Kier alpha value is -2.12. The van der Waals surface area contributed by atoms with Gasteiger partial charge in [0.05, 0.1) is 12.1 Å². The van der Waals surface area contributed by atoms with Crippen LogP contribution in [0, 0.1) is 11.8 Å². The monoisotopic (exact) mass is 426 g/mol. The van der Waals surface area contributed by atoms with Crippen LogP contribution in [0.5, 0.6) is 0 Å². The second kappa shape index (κ2) is 9.79. The molecule has 1 rings (SSSR count). The van der Waals surface area contributed by atoms with Gasteiger partial charge < -0.3 is 19.6 Å². The maximum absolute atomic E-state index is 13.2. The summed E-state index contributed by atoms with van der Waals surface area (Å²) in [6, 6.07) is -2.18. The number of amides is 2. The van der Waals surface area contributed by atoms with Crippen LogP contribution in [-0.4, -0.2) is 58.5 Å². The second-order valence-corrected chi connectivity index (χ2v) is 10.4. The Kier molecular flexibility index (Phi) is 8.46. The predicted molar refractivity (Wildman–Crippen MR) is 113 cm³/mol. The van der Waals surface area contributed by atoms with Crippen LogP contribution in [0.25, 0.3) is 0 Å². The first-order chi connectivity index (χ1) is 13.6. The predicted octanol–water partition coefficient (Wildman–Crippen LogP) is 3.07. The van der Waals surface area contributed by atoms with Gasteiger partial charge in [0.2, 0.25) is 5.91 Å². The normalized spacial score (nSPS) is 23.1. The van der Waals surface area contributed by atoms with E-state index in [1.54, 1.807) is 41.5 Å². The average molecular weight is 427 g/mol. The van der Waals surface area contributed by atoms with E-state index in [9.17, 15) is 19.2 Å². The van der Waals surface area contributed by atoms with E-state index in [1.165, 1.54) is 11.8 Å². The molecule has 2 amide bonds. The number of aldehydes is 1. The van der Waals surface area contributed by atoms with E-state index >= 15 is 0 Å². The van der Waals surface area contributed by atoms with Crippen LogP contribution in [0.1, 0.15) is 75.2 Å². The summed E-state index contributed by atoms with van der Waals surface area (Å²) in [6.07, 6.45) is 0.708. The van der Waals surface area contributed by atoms with Gasteiger partial charge in [-0.3, -0.25) is 9.69 Å². The Morgan fingerprint density at radius 2 is 1.60 bits per heavy atom. The molecule has 0 bridgehead atoms. The summed E-state index contributed by atoms with van der Waals surface area (Å²) in [6.45, 7) is 15.8. The molecule has 0 aliphatic carbocycles. The standard InChI is InChI=1S/C22H38N2O6/c1-13(2)10-16(23-14(3)26)18-15(12-25)11-17(19(27)29-21(4,5)6)24(18)20(28)30-22(7,8)9/h12-13,15-18H,10-11H2,1-9H3,(H,23,26)/t15-,16-,17+,18+/m0/s1. The van der Waals surface area contributed by atoms with E-state index < -0.39 is 47.3 Å². The van der Waals surface area contributed by atoms with Gasteiger partial charge in [0, 0.05) is 12.8 Å². The maximum Gasteiger partial charge on any atom is 0.411 e. The van der Waals surface area contributed by atoms with Gasteiger partial charge in [-0.2, -0.15) is 0 Å². The first-order valence-electron chi connectivity index (χ1n) is 10.5. The topological polar surface area (TPSA) is 102 Å². The Bertz CT molecular complexity index is 647. The summed E-state index contributed by atoms with van der Waals surface area (Å²) in [5.74, 6) is -1.30. The summed E-state index contributed by atoms with van der Waals surface area (Å²) in [7, 11) is 0. The number of carbonyl (C=O) groups excluding carboxylic acids is 4. The molecule has 30 heavy (non-hydrogen) atoms. The fraction of sp³-hybridized carbons (Fsp3) is 0.818. The fourth-order valence-corrected chi connectivity index (χ4v) is 3.75. The molecule has 1 saturated heterocycles. The van der Waals surface area contributed by atoms with Crippen molar-refractivity contribution in [3.05, 3.63) is 0 Å². The Morgan fingerprint density at radius 3 is 2.00 bits per heavy atom. The van der Waals surface area contributed by atoms with Gasteiger partial charge in [0.25, 0.3) is 0 Å². The minimum absolute atomic E-state index is 0.122. The molecule has 0 aromatic rings. The van der Waals surface area contributed by atoms with Gasteiger partial charge in [-0.05, 0) is 60.3 Å². The van der Waals surface area contributed by atoms with Crippen LogP contribution in [-0.2, 0) is 23.9 Å². The summed E-state index contributed by atoms with van der Waals surface area (Å²) >= 11 is 0. The van der Waals surface area contributed by atoms with Crippen molar-refractivity contribution in [2.45, 2.75) is 104 Å². The number of carbonyl (C=O) groups is 4. The van der Waals surface area contributed by atoms with E-state index in [4.69, 9.17) is 9.47 Å². The molecule has 0 aromatic heterocycles. The molecule has 8 nitrogen and oxygen atoms in total. The summed E-state index contributed by atoms with van der Waals surface area (Å²) < 4.78 is 11.1. The molecule has 0 saturated carbocycles. The van der Waals surface area contributed by atoms with Gasteiger partial charge in [-0.1, -0.05) is 13.8 Å². The highest BCUT2D eigenvalue weighted by molar-refractivity contribution is 5.84. The third-order valence-electron chi connectivity index (χ3n) is 4.58. The molecule has 0 radical (unpaired) electrons. The lowest BCUT2D eigenvalue weighted by Gasteiger charge is -2.37.